The number of hydrogen-bond acceptors (Lipinski definition) is 5. The number of nitro groups is 1. The van der Waals surface area contributed by atoms with Crippen LogP contribution in [-0.2, 0) is 4.79 Å². The average Bonchev–Trinajstić information content (AvgIpc) is 2.01. The third kappa shape index (κ3) is 2.12. The number of rotatable bonds is 2. The van der Waals surface area contributed by atoms with Crippen LogP contribution in [0.1, 0.15) is 6.92 Å². The van der Waals surface area contributed by atoms with Crippen LogP contribution in [-0.4, -0.2) is 20.8 Å². The molecule has 0 atom stereocenters. The summed E-state index contributed by atoms with van der Waals surface area (Å²) in [6.45, 7) is 1.22. The minimum Gasteiger partial charge on any atom is -0.296 e. The van der Waals surface area contributed by atoms with Crippen molar-refractivity contribution in [2.75, 3.05) is 5.32 Å². The number of nitrogens with one attached hydrogen (secondary N) is 2. The maximum absolute atomic E-state index is 11.0. The van der Waals surface area contributed by atoms with Gasteiger partial charge in [-0.05, 0) is 0 Å². The maximum Gasteiger partial charge on any atom is 0.352 e. The molecule has 14 heavy (non-hydrogen) atoms. The molecule has 0 aliphatic carbocycles. The van der Waals surface area contributed by atoms with E-state index in [9.17, 15) is 19.7 Å². The van der Waals surface area contributed by atoms with Crippen LogP contribution in [0.3, 0.4) is 0 Å². The van der Waals surface area contributed by atoms with Gasteiger partial charge in [0, 0.05) is 6.92 Å². The fourth-order valence-electron chi connectivity index (χ4n) is 0.748. The zero-order valence-electron chi connectivity index (χ0n) is 7.10. The Kier molecular flexibility index (Phi) is 2.56. The Hall–Kier alpha value is -2.25. The predicted octanol–water partition coefficient (Wildman–Crippen LogP) is -0.364. The molecule has 0 unspecified atom stereocenters. The summed E-state index contributed by atoms with van der Waals surface area (Å²) in [7, 11) is 0. The topological polar surface area (TPSA) is 118 Å². The van der Waals surface area contributed by atoms with Gasteiger partial charge in [-0.15, -0.1) is 0 Å². The molecule has 0 saturated heterocycles. The largest absolute Gasteiger partial charge is 0.352 e. The highest BCUT2D eigenvalue weighted by Crippen LogP contribution is 2.01. The Bertz CT molecular complexity index is 438. The van der Waals surface area contributed by atoms with Gasteiger partial charge < -0.3 is 0 Å². The standard InChI is InChI=1S/C6H6N4O4/c1-3(11)8-6-7-2-4(10(13)14)5(12)9-6/h2H,1H3,(H2,7,8,9,11,12). The van der Waals surface area contributed by atoms with Gasteiger partial charge in [0.15, 0.2) is 0 Å². The van der Waals surface area contributed by atoms with Crippen molar-refractivity contribution in [2.24, 2.45) is 0 Å². The van der Waals surface area contributed by atoms with Gasteiger partial charge in [0.05, 0.1) is 4.92 Å². The number of carbonyl (C=O) groups excluding carboxylic acids is 1. The van der Waals surface area contributed by atoms with Crippen molar-refractivity contribution in [1.29, 1.82) is 0 Å². The molecular weight excluding hydrogens is 192 g/mol. The van der Waals surface area contributed by atoms with Crippen LogP contribution in [0.25, 0.3) is 0 Å². The fourth-order valence-corrected chi connectivity index (χ4v) is 0.748. The van der Waals surface area contributed by atoms with Gasteiger partial charge in [-0.25, -0.2) is 4.98 Å². The first-order valence-electron chi connectivity index (χ1n) is 3.52. The average molecular weight is 198 g/mol. The Labute approximate surface area is 77.1 Å². The van der Waals surface area contributed by atoms with E-state index in [1.165, 1.54) is 6.92 Å². The summed E-state index contributed by atoms with van der Waals surface area (Å²) in [6.07, 6.45) is 0.782. The second kappa shape index (κ2) is 3.64. The molecule has 0 aromatic carbocycles. The summed E-state index contributed by atoms with van der Waals surface area (Å²) in [6, 6.07) is 0. The lowest BCUT2D eigenvalue weighted by atomic mass is 10.5. The highest BCUT2D eigenvalue weighted by atomic mass is 16.6. The van der Waals surface area contributed by atoms with Gasteiger partial charge in [0.25, 0.3) is 0 Å². The summed E-state index contributed by atoms with van der Waals surface area (Å²) < 4.78 is 0. The second-order valence-corrected chi connectivity index (χ2v) is 2.38. The normalized spacial score (nSPS) is 9.50. The summed E-state index contributed by atoms with van der Waals surface area (Å²) >= 11 is 0. The van der Waals surface area contributed by atoms with E-state index < -0.39 is 22.1 Å². The second-order valence-electron chi connectivity index (χ2n) is 2.38. The quantitative estimate of drug-likeness (QED) is 0.496. The molecule has 8 nitrogen and oxygen atoms in total. The van der Waals surface area contributed by atoms with Crippen molar-refractivity contribution in [3.8, 4) is 0 Å². The number of aromatic amines is 1. The van der Waals surface area contributed by atoms with Crippen LogP contribution in [0.2, 0.25) is 0 Å². The molecule has 0 fully saturated rings. The van der Waals surface area contributed by atoms with Crippen molar-refractivity contribution in [1.82, 2.24) is 9.97 Å². The first kappa shape index (κ1) is 9.84. The summed E-state index contributed by atoms with van der Waals surface area (Å²) in [5.74, 6) is -0.546. The lowest BCUT2D eigenvalue weighted by molar-refractivity contribution is -0.386. The van der Waals surface area contributed by atoms with Gasteiger partial charge in [0.1, 0.15) is 6.20 Å². The first-order chi connectivity index (χ1) is 6.50. The highest BCUT2D eigenvalue weighted by Gasteiger charge is 2.12. The lowest BCUT2D eigenvalue weighted by Crippen LogP contribution is -2.17. The van der Waals surface area contributed by atoms with Crippen molar-refractivity contribution in [2.45, 2.75) is 6.92 Å². The number of H-pyrrole nitrogens is 1. The minimum absolute atomic E-state index is 0.117. The molecule has 2 N–H and O–H groups in total. The molecule has 8 heteroatoms. The number of amides is 1. The van der Waals surface area contributed by atoms with E-state index in [1.807, 2.05) is 4.98 Å². The SMILES string of the molecule is CC(=O)Nc1ncc([N+](=O)[O-])c(=O)[nH]1. The van der Waals surface area contributed by atoms with Crippen molar-refractivity contribution < 1.29 is 9.72 Å². The van der Waals surface area contributed by atoms with E-state index >= 15 is 0 Å². The Morgan fingerprint density at radius 1 is 1.71 bits per heavy atom. The van der Waals surface area contributed by atoms with Gasteiger partial charge >= 0.3 is 11.2 Å². The molecule has 74 valence electrons. The smallest absolute Gasteiger partial charge is 0.296 e. The van der Waals surface area contributed by atoms with E-state index in [4.69, 9.17) is 0 Å². The van der Waals surface area contributed by atoms with E-state index in [2.05, 4.69) is 10.3 Å². The predicted molar refractivity (Wildman–Crippen MR) is 45.8 cm³/mol. The third-order valence-electron chi connectivity index (χ3n) is 1.27. The summed E-state index contributed by atoms with van der Waals surface area (Å²) in [4.78, 5) is 36.4. The maximum atomic E-state index is 11.0. The Balaban J connectivity index is 3.07. The van der Waals surface area contributed by atoms with E-state index in [0.717, 1.165) is 6.20 Å². The lowest BCUT2D eigenvalue weighted by Gasteiger charge is -1.98. The number of aromatic nitrogens is 2. The van der Waals surface area contributed by atoms with Crippen LogP contribution in [0.4, 0.5) is 11.6 Å². The van der Waals surface area contributed by atoms with E-state index in [0.29, 0.717) is 0 Å². The van der Waals surface area contributed by atoms with Gasteiger partial charge in [-0.3, -0.25) is 30.0 Å². The minimum atomic E-state index is -0.909. The van der Waals surface area contributed by atoms with Crippen molar-refractivity contribution in [3.05, 3.63) is 26.7 Å². The molecule has 1 amide bonds. The number of carbonyl (C=O) groups is 1. The molecule has 1 aromatic rings. The van der Waals surface area contributed by atoms with Crippen LogP contribution in [0.15, 0.2) is 11.0 Å². The molecule has 0 aliphatic heterocycles. The molecule has 0 radical (unpaired) electrons. The molecule has 0 saturated carbocycles. The van der Waals surface area contributed by atoms with Crippen molar-refractivity contribution in [3.63, 3.8) is 0 Å². The molecule has 0 spiro atoms. The molecule has 1 aromatic heterocycles. The Morgan fingerprint density at radius 3 is 2.79 bits per heavy atom. The summed E-state index contributed by atoms with van der Waals surface area (Å²) in [5.41, 5.74) is -1.58. The number of hydrogen-bond donors (Lipinski definition) is 2. The monoisotopic (exact) mass is 198 g/mol. The van der Waals surface area contributed by atoms with Crippen molar-refractivity contribution >= 4 is 17.5 Å². The fraction of sp³-hybridized carbons (Fsp3) is 0.167. The van der Waals surface area contributed by atoms with Crippen LogP contribution < -0.4 is 10.9 Å². The zero-order valence-corrected chi connectivity index (χ0v) is 7.10. The first-order valence-corrected chi connectivity index (χ1v) is 3.52. The summed E-state index contributed by atoms with van der Waals surface area (Å²) in [5, 5.41) is 12.4. The number of anilines is 1. The molecular formula is C6H6N4O4. The number of nitrogens with zero attached hydrogens (tertiary/aromatic N) is 2. The zero-order chi connectivity index (χ0) is 10.7. The Morgan fingerprint density at radius 2 is 2.36 bits per heavy atom. The van der Waals surface area contributed by atoms with E-state index in [-0.39, 0.29) is 5.95 Å². The molecule has 0 aliphatic rings. The van der Waals surface area contributed by atoms with Crippen LogP contribution in [0, 0.1) is 10.1 Å². The van der Waals surface area contributed by atoms with E-state index in [1.54, 1.807) is 0 Å². The van der Waals surface area contributed by atoms with Crippen LogP contribution >= 0.6 is 0 Å². The van der Waals surface area contributed by atoms with Gasteiger partial charge in [-0.2, -0.15) is 0 Å². The van der Waals surface area contributed by atoms with Crippen LogP contribution in [0.5, 0.6) is 0 Å². The van der Waals surface area contributed by atoms with Gasteiger partial charge in [0.2, 0.25) is 11.9 Å². The third-order valence-corrected chi connectivity index (χ3v) is 1.27. The highest BCUT2D eigenvalue weighted by molar-refractivity contribution is 5.86. The molecule has 1 rings (SSSR count). The molecule has 1 heterocycles. The van der Waals surface area contributed by atoms with Gasteiger partial charge in [-0.1, -0.05) is 0 Å². The molecule has 0 bridgehead atoms.